The lowest BCUT2D eigenvalue weighted by atomic mass is 10.1. The van der Waals surface area contributed by atoms with Gasteiger partial charge in [0.25, 0.3) is 5.91 Å². The molecule has 0 aliphatic carbocycles. The number of rotatable bonds is 5. The number of nitrogens with zero attached hydrogens (tertiary/aromatic N) is 1. The number of nitrogens with one attached hydrogen (secondary N) is 1. The number of carbonyl (C=O) groups excluding carboxylic acids is 1. The molecule has 0 saturated heterocycles. The summed E-state index contributed by atoms with van der Waals surface area (Å²) in [6.07, 6.45) is 1.17. The predicted octanol–water partition coefficient (Wildman–Crippen LogP) is 4.19. The van der Waals surface area contributed by atoms with Crippen LogP contribution in [-0.2, 0) is 0 Å². The number of para-hydroxylation sites is 1. The molecule has 1 amide bonds. The van der Waals surface area contributed by atoms with Crippen LogP contribution < -0.4 is 20.2 Å². The second-order valence-corrected chi connectivity index (χ2v) is 6.89. The van der Waals surface area contributed by atoms with Crippen LogP contribution in [0.2, 0.25) is 0 Å². The van der Waals surface area contributed by atoms with Gasteiger partial charge in [-0.25, -0.2) is 4.98 Å². The molecule has 146 valence electrons. The van der Waals surface area contributed by atoms with Gasteiger partial charge in [0.1, 0.15) is 28.9 Å². The van der Waals surface area contributed by atoms with E-state index in [2.05, 4.69) is 10.3 Å². The average molecular weight is 408 g/mol. The maximum Gasteiger partial charge on any atom is 0.264 e. The van der Waals surface area contributed by atoms with Gasteiger partial charge in [0, 0.05) is 10.9 Å². The first-order valence-corrected chi connectivity index (χ1v) is 9.48. The van der Waals surface area contributed by atoms with Gasteiger partial charge in [0.05, 0.1) is 25.3 Å². The highest BCUT2D eigenvalue weighted by molar-refractivity contribution is 7.14. The minimum Gasteiger partial charge on any atom is -0.497 e. The van der Waals surface area contributed by atoms with Crippen LogP contribution in [0.5, 0.6) is 11.5 Å². The molecule has 0 unspecified atom stereocenters. The third-order valence-electron chi connectivity index (χ3n) is 4.33. The summed E-state index contributed by atoms with van der Waals surface area (Å²) in [4.78, 5) is 29.6. The van der Waals surface area contributed by atoms with Crippen molar-refractivity contribution < 1.29 is 18.7 Å². The van der Waals surface area contributed by atoms with Gasteiger partial charge in [0.15, 0.2) is 5.13 Å². The Labute approximate surface area is 169 Å². The molecule has 0 radical (unpaired) electrons. The van der Waals surface area contributed by atoms with E-state index in [1.165, 1.54) is 17.6 Å². The molecule has 0 fully saturated rings. The molecule has 29 heavy (non-hydrogen) atoms. The van der Waals surface area contributed by atoms with E-state index in [0.29, 0.717) is 33.3 Å². The number of carbonyl (C=O) groups is 1. The second-order valence-electron chi connectivity index (χ2n) is 6.03. The first kappa shape index (κ1) is 18.7. The molecule has 0 atom stereocenters. The summed E-state index contributed by atoms with van der Waals surface area (Å²) in [7, 11) is 3.15. The molecule has 8 heteroatoms. The van der Waals surface area contributed by atoms with E-state index in [9.17, 15) is 9.59 Å². The van der Waals surface area contributed by atoms with E-state index in [4.69, 9.17) is 13.9 Å². The summed E-state index contributed by atoms with van der Waals surface area (Å²) in [5, 5.41) is 5.14. The number of thiazole rings is 1. The molecule has 0 bridgehead atoms. The van der Waals surface area contributed by atoms with Crippen molar-refractivity contribution in [2.24, 2.45) is 0 Å². The van der Waals surface area contributed by atoms with Gasteiger partial charge in [-0.05, 0) is 30.3 Å². The maximum absolute atomic E-state index is 12.6. The Bertz CT molecular complexity index is 1260. The Morgan fingerprint density at radius 1 is 1.14 bits per heavy atom. The van der Waals surface area contributed by atoms with Crippen LogP contribution in [0.15, 0.2) is 63.3 Å². The van der Waals surface area contributed by atoms with E-state index in [0.717, 1.165) is 5.56 Å². The van der Waals surface area contributed by atoms with Gasteiger partial charge < -0.3 is 13.9 Å². The summed E-state index contributed by atoms with van der Waals surface area (Å²) in [5.74, 6) is 0.709. The molecule has 0 aliphatic rings. The largest absolute Gasteiger partial charge is 0.497 e. The normalized spacial score (nSPS) is 10.7. The van der Waals surface area contributed by atoms with E-state index in [1.54, 1.807) is 62.1 Å². The fourth-order valence-corrected chi connectivity index (χ4v) is 3.57. The van der Waals surface area contributed by atoms with Crippen LogP contribution in [0.25, 0.3) is 22.2 Å². The lowest BCUT2D eigenvalue weighted by Crippen LogP contribution is -2.21. The highest BCUT2D eigenvalue weighted by Gasteiger charge is 2.17. The molecule has 4 rings (SSSR count). The van der Waals surface area contributed by atoms with E-state index < -0.39 is 11.3 Å². The third-order valence-corrected chi connectivity index (χ3v) is 5.09. The van der Waals surface area contributed by atoms with Crippen LogP contribution in [0.3, 0.4) is 0 Å². The van der Waals surface area contributed by atoms with Crippen molar-refractivity contribution in [3.8, 4) is 22.8 Å². The Morgan fingerprint density at radius 3 is 2.76 bits per heavy atom. The maximum atomic E-state index is 12.6. The van der Waals surface area contributed by atoms with Gasteiger partial charge in [-0.15, -0.1) is 11.3 Å². The van der Waals surface area contributed by atoms with Crippen molar-refractivity contribution in [2.45, 2.75) is 0 Å². The number of benzene rings is 2. The van der Waals surface area contributed by atoms with Crippen LogP contribution in [0.1, 0.15) is 10.4 Å². The Hall–Kier alpha value is -3.65. The van der Waals surface area contributed by atoms with Gasteiger partial charge in [-0.3, -0.25) is 14.9 Å². The van der Waals surface area contributed by atoms with Crippen LogP contribution in [-0.4, -0.2) is 25.1 Å². The molecule has 2 heterocycles. The topological polar surface area (TPSA) is 90.7 Å². The van der Waals surface area contributed by atoms with Crippen molar-refractivity contribution in [2.75, 3.05) is 19.5 Å². The first-order valence-electron chi connectivity index (χ1n) is 8.60. The fraction of sp³-hybridized carbons (Fsp3) is 0.0952. The summed E-state index contributed by atoms with van der Waals surface area (Å²) >= 11 is 1.24. The first-order chi connectivity index (χ1) is 14.1. The molecule has 7 nitrogen and oxygen atoms in total. The smallest absolute Gasteiger partial charge is 0.264 e. The van der Waals surface area contributed by atoms with Crippen LogP contribution in [0, 0.1) is 0 Å². The molecule has 4 aromatic rings. The fourth-order valence-electron chi connectivity index (χ4n) is 2.87. The summed E-state index contributed by atoms with van der Waals surface area (Å²) in [6.45, 7) is 0. The van der Waals surface area contributed by atoms with Crippen LogP contribution >= 0.6 is 11.3 Å². The highest BCUT2D eigenvalue weighted by atomic mass is 32.1. The molecular weight excluding hydrogens is 392 g/mol. The summed E-state index contributed by atoms with van der Waals surface area (Å²) in [5.41, 5.74) is 1.30. The quantitative estimate of drug-likeness (QED) is 0.533. The lowest BCUT2D eigenvalue weighted by molar-refractivity contribution is 0.102. The van der Waals surface area contributed by atoms with Gasteiger partial charge in [-0.1, -0.05) is 12.1 Å². The van der Waals surface area contributed by atoms with Crippen molar-refractivity contribution >= 4 is 33.3 Å². The monoisotopic (exact) mass is 408 g/mol. The number of aromatic nitrogens is 1. The number of ether oxygens (including phenoxy) is 2. The van der Waals surface area contributed by atoms with Gasteiger partial charge in [0.2, 0.25) is 5.43 Å². The van der Waals surface area contributed by atoms with E-state index in [1.807, 2.05) is 0 Å². The number of fused-ring (bicyclic) bond motifs is 1. The molecule has 0 saturated carbocycles. The van der Waals surface area contributed by atoms with Crippen molar-refractivity contribution in [1.29, 1.82) is 0 Å². The minimum absolute atomic E-state index is 0.0839. The SMILES string of the molecule is COc1ccc(OC)c(-c2csc(NC(=O)c3coc4ccccc4c3=O)n2)c1. The number of anilines is 1. The van der Waals surface area contributed by atoms with Crippen molar-refractivity contribution in [3.63, 3.8) is 0 Å². The number of hydrogen-bond acceptors (Lipinski definition) is 7. The average Bonchev–Trinajstić information content (AvgIpc) is 3.21. The van der Waals surface area contributed by atoms with Gasteiger partial charge in [-0.2, -0.15) is 0 Å². The Balaban J connectivity index is 1.63. The molecule has 2 aromatic heterocycles. The Morgan fingerprint density at radius 2 is 1.97 bits per heavy atom. The van der Waals surface area contributed by atoms with Crippen molar-refractivity contribution in [1.82, 2.24) is 4.98 Å². The predicted molar refractivity (Wildman–Crippen MR) is 111 cm³/mol. The van der Waals surface area contributed by atoms with Crippen molar-refractivity contribution in [3.05, 3.63) is 69.9 Å². The summed E-state index contributed by atoms with van der Waals surface area (Å²) in [6, 6.07) is 12.1. The standard InChI is InChI=1S/C21H16N2O5S/c1-26-12-7-8-17(27-2)14(9-12)16-11-29-21(22-16)23-20(25)15-10-28-18-6-4-3-5-13(18)19(15)24/h3-11H,1-2H3,(H,22,23,25). The highest BCUT2D eigenvalue weighted by Crippen LogP contribution is 2.35. The molecule has 2 aromatic carbocycles. The van der Waals surface area contributed by atoms with E-state index in [-0.39, 0.29) is 5.56 Å². The molecule has 1 N–H and O–H groups in total. The molecular formula is C21H16N2O5S. The lowest BCUT2D eigenvalue weighted by Gasteiger charge is -2.08. The zero-order valence-corrected chi connectivity index (χ0v) is 16.4. The zero-order chi connectivity index (χ0) is 20.4. The zero-order valence-electron chi connectivity index (χ0n) is 15.6. The minimum atomic E-state index is -0.581. The number of methoxy groups -OCH3 is 2. The number of hydrogen-bond donors (Lipinski definition) is 1. The number of amides is 1. The van der Waals surface area contributed by atoms with Gasteiger partial charge >= 0.3 is 0 Å². The van der Waals surface area contributed by atoms with E-state index >= 15 is 0 Å². The van der Waals surface area contributed by atoms with Crippen LogP contribution in [0.4, 0.5) is 5.13 Å². The molecule has 0 aliphatic heterocycles. The summed E-state index contributed by atoms with van der Waals surface area (Å²) < 4.78 is 16.0. The second kappa shape index (κ2) is 7.76. The Kier molecular flexibility index (Phi) is 5.01. The molecule has 0 spiro atoms. The third kappa shape index (κ3) is 3.57.